The van der Waals surface area contributed by atoms with E-state index in [-0.39, 0.29) is 16.5 Å². The fourth-order valence-corrected chi connectivity index (χ4v) is 2.52. The molecule has 0 saturated carbocycles. The largest absolute Gasteiger partial charge is 0.465 e. The summed E-state index contributed by atoms with van der Waals surface area (Å²) in [5, 5.41) is 2.98. The predicted octanol–water partition coefficient (Wildman–Crippen LogP) is 3.56. The van der Waals surface area contributed by atoms with E-state index in [2.05, 4.69) is 15.0 Å². The van der Waals surface area contributed by atoms with Crippen molar-refractivity contribution in [1.29, 1.82) is 0 Å². The zero-order valence-corrected chi connectivity index (χ0v) is 14.0. The number of halogens is 1. The third-order valence-electron chi connectivity index (χ3n) is 3.54. The summed E-state index contributed by atoms with van der Waals surface area (Å²) >= 11 is 5.98. The van der Waals surface area contributed by atoms with Crippen LogP contribution in [0.25, 0.3) is 5.69 Å². The van der Waals surface area contributed by atoms with E-state index in [0.29, 0.717) is 11.4 Å². The standard InChI is InChI=1S/C18H14ClN3O3/c1-25-18(24)14-9-12(7-8-15(14)19)21-17(23)16-10-20-11-22(16)13-5-3-2-4-6-13/h2-11H,1H3,(H,21,23). The number of anilines is 1. The van der Waals surface area contributed by atoms with Crippen molar-refractivity contribution in [1.82, 2.24) is 9.55 Å². The normalized spacial score (nSPS) is 10.3. The minimum absolute atomic E-state index is 0.179. The molecule has 3 rings (SSSR count). The van der Waals surface area contributed by atoms with Gasteiger partial charge in [0.25, 0.3) is 5.91 Å². The average molecular weight is 356 g/mol. The van der Waals surface area contributed by atoms with Gasteiger partial charge in [0.1, 0.15) is 5.69 Å². The van der Waals surface area contributed by atoms with E-state index in [1.54, 1.807) is 17.0 Å². The minimum atomic E-state index is -0.574. The SMILES string of the molecule is COC(=O)c1cc(NC(=O)c2cncn2-c2ccccc2)ccc1Cl. The highest BCUT2D eigenvalue weighted by molar-refractivity contribution is 6.33. The van der Waals surface area contributed by atoms with Crippen LogP contribution < -0.4 is 5.32 Å². The molecule has 0 bridgehead atoms. The molecule has 0 aliphatic heterocycles. The van der Waals surface area contributed by atoms with Crippen molar-refractivity contribution >= 4 is 29.2 Å². The van der Waals surface area contributed by atoms with Gasteiger partial charge in [0.15, 0.2) is 0 Å². The molecule has 3 aromatic rings. The molecule has 0 fully saturated rings. The van der Waals surface area contributed by atoms with Crippen LogP contribution in [0.5, 0.6) is 0 Å². The lowest BCUT2D eigenvalue weighted by atomic mass is 10.2. The van der Waals surface area contributed by atoms with Crippen LogP contribution in [0.4, 0.5) is 5.69 Å². The summed E-state index contributed by atoms with van der Waals surface area (Å²) < 4.78 is 6.35. The number of nitrogens with one attached hydrogen (secondary N) is 1. The first-order valence-electron chi connectivity index (χ1n) is 7.37. The molecule has 0 atom stereocenters. The number of hydrogen-bond donors (Lipinski definition) is 1. The van der Waals surface area contributed by atoms with Crippen molar-refractivity contribution < 1.29 is 14.3 Å². The minimum Gasteiger partial charge on any atom is -0.465 e. The van der Waals surface area contributed by atoms with Gasteiger partial charge in [0.05, 0.1) is 30.2 Å². The van der Waals surface area contributed by atoms with Crippen LogP contribution in [-0.4, -0.2) is 28.5 Å². The summed E-state index contributed by atoms with van der Waals surface area (Å²) in [7, 11) is 1.27. The van der Waals surface area contributed by atoms with Crippen LogP contribution in [0, 0.1) is 0 Å². The molecule has 7 heteroatoms. The highest BCUT2D eigenvalue weighted by atomic mass is 35.5. The Morgan fingerprint density at radius 1 is 1.16 bits per heavy atom. The van der Waals surface area contributed by atoms with Gasteiger partial charge in [-0.2, -0.15) is 0 Å². The predicted molar refractivity (Wildman–Crippen MR) is 94.3 cm³/mol. The van der Waals surface area contributed by atoms with Crippen LogP contribution in [0.2, 0.25) is 5.02 Å². The van der Waals surface area contributed by atoms with E-state index in [1.807, 2.05) is 30.3 Å². The second kappa shape index (κ2) is 7.19. The highest BCUT2D eigenvalue weighted by Gasteiger charge is 2.16. The van der Waals surface area contributed by atoms with Gasteiger partial charge >= 0.3 is 5.97 Å². The van der Waals surface area contributed by atoms with Gasteiger partial charge in [-0.1, -0.05) is 29.8 Å². The number of methoxy groups -OCH3 is 1. The zero-order chi connectivity index (χ0) is 17.8. The number of hydrogen-bond acceptors (Lipinski definition) is 4. The second-order valence-corrected chi connectivity index (χ2v) is 5.53. The van der Waals surface area contributed by atoms with Crippen molar-refractivity contribution in [2.45, 2.75) is 0 Å². The quantitative estimate of drug-likeness (QED) is 0.726. The van der Waals surface area contributed by atoms with Gasteiger partial charge in [0, 0.05) is 11.4 Å². The Balaban J connectivity index is 1.87. The maximum Gasteiger partial charge on any atom is 0.339 e. The molecule has 2 aromatic carbocycles. The van der Waals surface area contributed by atoms with E-state index < -0.39 is 5.97 Å². The number of nitrogens with zero attached hydrogens (tertiary/aromatic N) is 2. The summed E-state index contributed by atoms with van der Waals surface area (Å²) in [4.78, 5) is 28.3. The van der Waals surface area contributed by atoms with E-state index in [0.717, 1.165) is 5.69 Å². The topological polar surface area (TPSA) is 73.2 Å². The summed E-state index contributed by atoms with van der Waals surface area (Å²) in [5.41, 5.74) is 1.78. The number of carbonyl (C=O) groups excluding carboxylic acids is 2. The first-order valence-corrected chi connectivity index (χ1v) is 7.75. The molecule has 0 aliphatic rings. The van der Waals surface area contributed by atoms with E-state index in [9.17, 15) is 9.59 Å². The lowest BCUT2D eigenvalue weighted by Gasteiger charge is -2.10. The molecule has 0 unspecified atom stereocenters. The van der Waals surface area contributed by atoms with Gasteiger partial charge in [-0.15, -0.1) is 0 Å². The molecule has 0 radical (unpaired) electrons. The smallest absolute Gasteiger partial charge is 0.339 e. The highest BCUT2D eigenvalue weighted by Crippen LogP contribution is 2.22. The fraction of sp³-hybridized carbons (Fsp3) is 0.0556. The average Bonchev–Trinajstić information content (AvgIpc) is 3.13. The third kappa shape index (κ3) is 3.54. The molecule has 1 heterocycles. The summed E-state index contributed by atoms with van der Waals surface area (Å²) in [6, 6.07) is 14.0. The molecule has 1 N–H and O–H groups in total. The first kappa shape index (κ1) is 16.7. The van der Waals surface area contributed by atoms with Gasteiger partial charge in [-0.3, -0.25) is 9.36 Å². The number of imidazole rings is 1. The summed E-state index contributed by atoms with van der Waals surface area (Å²) in [6.45, 7) is 0. The molecule has 0 saturated heterocycles. The summed E-state index contributed by atoms with van der Waals surface area (Å²) in [5.74, 6) is -0.935. The monoisotopic (exact) mass is 355 g/mol. The number of para-hydroxylation sites is 1. The van der Waals surface area contributed by atoms with Crippen LogP contribution in [0.15, 0.2) is 61.1 Å². The van der Waals surface area contributed by atoms with Crippen LogP contribution in [0.3, 0.4) is 0 Å². The molecule has 0 aliphatic carbocycles. The molecule has 1 aromatic heterocycles. The number of rotatable bonds is 4. The molecule has 6 nitrogen and oxygen atoms in total. The number of esters is 1. The Morgan fingerprint density at radius 2 is 1.92 bits per heavy atom. The van der Waals surface area contributed by atoms with Gasteiger partial charge in [0.2, 0.25) is 0 Å². The molecule has 25 heavy (non-hydrogen) atoms. The molecular weight excluding hydrogens is 342 g/mol. The Hall–Kier alpha value is -3.12. The molecular formula is C18H14ClN3O3. The molecule has 1 amide bonds. The van der Waals surface area contributed by atoms with Gasteiger partial charge < -0.3 is 10.1 Å². The Kier molecular flexibility index (Phi) is 4.81. The zero-order valence-electron chi connectivity index (χ0n) is 13.3. The number of ether oxygens (including phenoxy) is 1. The van der Waals surface area contributed by atoms with Crippen molar-refractivity contribution in [3.8, 4) is 5.69 Å². The number of aromatic nitrogens is 2. The Labute approximate surface area is 149 Å². The van der Waals surface area contributed by atoms with Crippen molar-refractivity contribution in [2.75, 3.05) is 12.4 Å². The van der Waals surface area contributed by atoms with E-state index in [4.69, 9.17) is 11.6 Å². The Bertz CT molecular complexity index is 922. The maximum atomic E-state index is 12.6. The van der Waals surface area contributed by atoms with E-state index in [1.165, 1.54) is 25.4 Å². The van der Waals surface area contributed by atoms with E-state index >= 15 is 0 Å². The van der Waals surface area contributed by atoms with Crippen LogP contribution >= 0.6 is 11.6 Å². The number of amides is 1. The lowest BCUT2D eigenvalue weighted by molar-refractivity contribution is 0.0600. The maximum absolute atomic E-state index is 12.6. The second-order valence-electron chi connectivity index (χ2n) is 5.12. The third-order valence-corrected chi connectivity index (χ3v) is 3.86. The van der Waals surface area contributed by atoms with Crippen molar-refractivity contribution in [3.05, 3.63) is 77.3 Å². The Morgan fingerprint density at radius 3 is 2.64 bits per heavy atom. The fourth-order valence-electron chi connectivity index (χ4n) is 2.32. The first-order chi connectivity index (χ1) is 12.1. The lowest BCUT2D eigenvalue weighted by Crippen LogP contribution is -2.16. The van der Waals surface area contributed by atoms with Crippen molar-refractivity contribution in [3.63, 3.8) is 0 Å². The van der Waals surface area contributed by atoms with Crippen LogP contribution in [0.1, 0.15) is 20.8 Å². The summed E-state index contributed by atoms with van der Waals surface area (Å²) in [6.07, 6.45) is 3.03. The molecule has 126 valence electrons. The van der Waals surface area contributed by atoms with Crippen molar-refractivity contribution in [2.24, 2.45) is 0 Å². The number of carbonyl (C=O) groups is 2. The molecule has 0 spiro atoms. The van der Waals surface area contributed by atoms with Gasteiger partial charge in [-0.05, 0) is 30.3 Å². The van der Waals surface area contributed by atoms with Gasteiger partial charge in [-0.25, -0.2) is 9.78 Å². The number of benzene rings is 2. The van der Waals surface area contributed by atoms with Crippen LogP contribution in [-0.2, 0) is 4.74 Å².